The Morgan fingerprint density at radius 1 is 1.33 bits per heavy atom. The molecule has 128 valence electrons. The summed E-state index contributed by atoms with van der Waals surface area (Å²) < 4.78 is 5.11. The Hall–Kier alpha value is -2.55. The first kappa shape index (κ1) is 17.8. The molecule has 8 nitrogen and oxygen atoms in total. The van der Waals surface area contributed by atoms with Crippen molar-refractivity contribution in [3.05, 3.63) is 24.3 Å². The number of ether oxygens (including phenoxy) is 1. The van der Waals surface area contributed by atoms with Crippen molar-refractivity contribution in [3.8, 4) is 17.1 Å². The number of nitrogens with one attached hydrogen (secondary N) is 3. The number of aromatic nitrogens is 3. The van der Waals surface area contributed by atoms with E-state index in [2.05, 4.69) is 25.8 Å². The Morgan fingerprint density at radius 3 is 2.67 bits per heavy atom. The summed E-state index contributed by atoms with van der Waals surface area (Å²) in [7, 11) is 1.60. The Balaban J connectivity index is 1.97. The number of thioether (sulfide) groups is 1. The smallest absolute Gasteiger partial charge is 0.321 e. The monoisotopic (exact) mass is 349 g/mol. The quantitative estimate of drug-likeness (QED) is 0.686. The summed E-state index contributed by atoms with van der Waals surface area (Å²) in [4.78, 5) is 27.6. The zero-order valence-electron chi connectivity index (χ0n) is 13.6. The molecule has 1 aromatic carbocycles. The summed E-state index contributed by atoms with van der Waals surface area (Å²) in [5.74, 6) is 0.946. The van der Waals surface area contributed by atoms with E-state index >= 15 is 0 Å². The number of H-pyrrole nitrogens is 1. The molecule has 3 amide bonds. The molecule has 0 fully saturated rings. The van der Waals surface area contributed by atoms with E-state index in [1.54, 1.807) is 21.0 Å². The Labute approximate surface area is 143 Å². The van der Waals surface area contributed by atoms with Gasteiger partial charge in [-0.05, 0) is 38.1 Å². The van der Waals surface area contributed by atoms with Gasteiger partial charge in [-0.25, -0.2) is 9.78 Å². The van der Waals surface area contributed by atoms with Gasteiger partial charge in [-0.2, -0.15) is 0 Å². The van der Waals surface area contributed by atoms with Gasteiger partial charge in [0.2, 0.25) is 11.1 Å². The topological polar surface area (TPSA) is 109 Å². The summed E-state index contributed by atoms with van der Waals surface area (Å²) in [6.07, 6.45) is 0. The van der Waals surface area contributed by atoms with Crippen LogP contribution >= 0.6 is 11.8 Å². The van der Waals surface area contributed by atoms with Crippen LogP contribution in [0.5, 0.6) is 5.75 Å². The van der Waals surface area contributed by atoms with E-state index in [0.29, 0.717) is 17.5 Å². The fraction of sp³-hybridized carbons (Fsp3) is 0.333. The molecule has 1 atom stereocenters. The normalized spacial score (nSPS) is 11.6. The largest absolute Gasteiger partial charge is 0.497 e. The van der Waals surface area contributed by atoms with E-state index in [4.69, 9.17) is 4.74 Å². The van der Waals surface area contributed by atoms with Crippen molar-refractivity contribution < 1.29 is 14.3 Å². The average molecular weight is 349 g/mol. The predicted octanol–water partition coefficient (Wildman–Crippen LogP) is 1.81. The van der Waals surface area contributed by atoms with Gasteiger partial charge in [0.25, 0.3) is 0 Å². The third-order valence-corrected chi connectivity index (χ3v) is 4.01. The SMILES string of the molecule is CCNC(=O)NC(=O)[C@@H](C)Sc1n[nH]c(-c2ccc(OC)cc2)n1. The molecule has 0 saturated heterocycles. The van der Waals surface area contributed by atoms with Gasteiger partial charge in [0.15, 0.2) is 5.82 Å². The van der Waals surface area contributed by atoms with Gasteiger partial charge in [0.1, 0.15) is 5.75 Å². The van der Waals surface area contributed by atoms with Crippen molar-refractivity contribution in [1.82, 2.24) is 25.8 Å². The standard InChI is InChI=1S/C15H19N5O3S/c1-4-16-14(22)18-13(21)9(2)24-15-17-12(19-20-15)10-5-7-11(23-3)8-6-10/h5-9H,4H2,1-3H3,(H,17,19,20)(H2,16,18,21,22)/t9-/m1/s1. The third-order valence-electron chi connectivity index (χ3n) is 3.05. The molecule has 9 heteroatoms. The number of hydrogen-bond donors (Lipinski definition) is 3. The molecule has 0 radical (unpaired) electrons. The molecule has 3 N–H and O–H groups in total. The van der Waals surface area contributed by atoms with Crippen LogP contribution in [-0.2, 0) is 4.79 Å². The summed E-state index contributed by atoms with van der Waals surface area (Å²) >= 11 is 1.16. The Bertz CT molecular complexity index is 701. The Kier molecular flexibility index (Phi) is 6.19. The number of nitrogens with zero attached hydrogens (tertiary/aromatic N) is 2. The number of hydrogen-bond acceptors (Lipinski definition) is 6. The number of carbonyl (C=O) groups is 2. The number of urea groups is 1. The molecule has 0 bridgehead atoms. The highest BCUT2D eigenvalue weighted by Gasteiger charge is 2.19. The van der Waals surface area contributed by atoms with Crippen molar-refractivity contribution in [2.75, 3.05) is 13.7 Å². The van der Waals surface area contributed by atoms with Crippen molar-refractivity contribution >= 4 is 23.7 Å². The number of carbonyl (C=O) groups excluding carboxylic acids is 2. The lowest BCUT2D eigenvalue weighted by atomic mass is 10.2. The minimum Gasteiger partial charge on any atom is -0.497 e. The van der Waals surface area contributed by atoms with Crippen LogP contribution in [0.3, 0.4) is 0 Å². The second-order valence-corrected chi connectivity index (χ2v) is 6.11. The van der Waals surface area contributed by atoms with Gasteiger partial charge in [-0.3, -0.25) is 15.2 Å². The summed E-state index contributed by atoms with van der Waals surface area (Å²) in [5.41, 5.74) is 0.856. The maximum absolute atomic E-state index is 11.9. The number of methoxy groups -OCH3 is 1. The first-order chi connectivity index (χ1) is 11.5. The molecule has 2 rings (SSSR count). The highest BCUT2D eigenvalue weighted by molar-refractivity contribution is 8.00. The number of imide groups is 1. The highest BCUT2D eigenvalue weighted by Crippen LogP contribution is 2.24. The van der Waals surface area contributed by atoms with E-state index in [1.165, 1.54) is 0 Å². The lowest BCUT2D eigenvalue weighted by Crippen LogP contribution is -2.42. The van der Waals surface area contributed by atoms with E-state index in [0.717, 1.165) is 23.1 Å². The minimum absolute atomic E-state index is 0.401. The van der Waals surface area contributed by atoms with Crippen molar-refractivity contribution in [1.29, 1.82) is 0 Å². The van der Waals surface area contributed by atoms with Crippen LogP contribution in [0.25, 0.3) is 11.4 Å². The van der Waals surface area contributed by atoms with Crippen LogP contribution in [-0.4, -0.2) is 46.0 Å². The van der Waals surface area contributed by atoms with Crippen molar-refractivity contribution in [2.45, 2.75) is 24.3 Å². The zero-order valence-corrected chi connectivity index (χ0v) is 14.4. The van der Waals surface area contributed by atoms with Crippen LogP contribution in [0.4, 0.5) is 4.79 Å². The molecule has 1 heterocycles. The van der Waals surface area contributed by atoms with E-state index < -0.39 is 17.2 Å². The fourth-order valence-electron chi connectivity index (χ4n) is 1.81. The first-order valence-corrected chi connectivity index (χ1v) is 8.23. The molecule has 0 aliphatic rings. The van der Waals surface area contributed by atoms with E-state index in [9.17, 15) is 9.59 Å². The number of rotatable bonds is 6. The molecule has 0 aliphatic carbocycles. The average Bonchev–Trinajstić information content (AvgIpc) is 3.03. The molecule has 0 unspecified atom stereocenters. The lowest BCUT2D eigenvalue weighted by Gasteiger charge is -2.09. The zero-order chi connectivity index (χ0) is 17.5. The molecule has 0 saturated carbocycles. The molecule has 0 aliphatic heterocycles. The van der Waals surface area contributed by atoms with Gasteiger partial charge in [0, 0.05) is 12.1 Å². The maximum atomic E-state index is 11.9. The summed E-state index contributed by atoms with van der Waals surface area (Å²) in [5, 5.41) is 11.6. The van der Waals surface area contributed by atoms with Crippen molar-refractivity contribution in [2.24, 2.45) is 0 Å². The van der Waals surface area contributed by atoms with Crippen LogP contribution in [0.15, 0.2) is 29.4 Å². The van der Waals surface area contributed by atoms with Gasteiger partial charge in [-0.15, -0.1) is 5.10 Å². The molecule has 1 aromatic heterocycles. The van der Waals surface area contributed by atoms with Crippen LogP contribution in [0.1, 0.15) is 13.8 Å². The molecule has 0 spiro atoms. The van der Waals surface area contributed by atoms with E-state index in [1.807, 2.05) is 24.3 Å². The first-order valence-electron chi connectivity index (χ1n) is 7.35. The van der Waals surface area contributed by atoms with Gasteiger partial charge in [0.05, 0.1) is 12.4 Å². The second-order valence-electron chi connectivity index (χ2n) is 4.80. The van der Waals surface area contributed by atoms with Crippen LogP contribution < -0.4 is 15.4 Å². The van der Waals surface area contributed by atoms with Crippen LogP contribution in [0, 0.1) is 0 Å². The van der Waals surface area contributed by atoms with Crippen molar-refractivity contribution in [3.63, 3.8) is 0 Å². The molecule has 24 heavy (non-hydrogen) atoms. The molecular weight excluding hydrogens is 330 g/mol. The molecular formula is C15H19N5O3S. The van der Waals surface area contributed by atoms with Crippen LogP contribution in [0.2, 0.25) is 0 Å². The lowest BCUT2D eigenvalue weighted by molar-refractivity contribution is -0.119. The summed E-state index contributed by atoms with van der Waals surface area (Å²) in [6.45, 7) is 3.91. The number of aromatic amines is 1. The van der Waals surface area contributed by atoms with E-state index in [-0.39, 0.29) is 0 Å². The molecule has 2 aromatic rings. The Morgan fingerprint density at radius 2 is 2.04 bits per heavy atom. The number of benzene rings is 1. The highest BCUT2D eigenvalue weighted by atomic mass is 32.2. The second kappa shape index (κ2) is 8.34. The van der Waals surface area contributed by atoms with Gasteiger partial charge in [-0.1, -0.05) is 11.8 Å². The number of amides is 3. The summed E-state index contributed by atoms with van der Waals surface area (Å²) in [6, 6.07) is 6.86. The van der Waals surface area contributed by atoms with Gasteiger partial charge < -0.3 is 10.1 Å². The third kappa shape index (κ3) is 4.72. The minimum atomic E-state index is -0.510. The fourth-order valence-corrected chi connectivity index (χ4v) is 2.53. The maximum Gasteiger partial charge on any atom is 0.321 e. The van der Waals surface area contributed by atoms with Gasteiger partial charge >= 0.3 is 6.03 Å². The predicted molar refractivity (Wildman–Crippen MR) is 90.9 cm³/mol.